The zero-order valence-electron chi connectivity index (χ0n) is 18.6. The van der Waals surface area contributed by atoms with Gasteiger partial charge in [-0.05, 0) is 54.4 Å². The van der Waals surface area contributed by atoms with Crippen LogP contribution >= 0.6 is 11.6 Å². The van der Waals surface area contributed by atoms with Gasteiger partial charge in [-0.25, -0.2) is 0 Å². The fraction of sp³-hybridized carbons (Fsp3) is 0.103. The first-order chi connectivity index (χ1) is 16.5. The zero-order chi connectivity index (χ0) is 23.7. The first kappa shape index (κ1) is 21.9. The lowest BCUT2D eigenvalue weighted by Gasteiger charge is -2.13. The number of ether oxygens (including phenoxy) is 1. The maximum Gasteiger partial charge on any atom is 0.313 e. The molecule has 0 saturated heterocycles. The second kappa shape index (κ2) is 9.16. The molecule has 5 heteroatoms. The first-order valence-electron chi connectivity index (χ1n) is 11.1. The maximum atomic E-state index is 13.5. The largest absolute Gasteiger partial charge is 0.460 e. The van der Waals surface area contributed by atoms with Crippen molar-refractivity contribution >= 4 is 45.3 Å². The molecule has 5 rings (SSSR count). The van der Waals surface area contributed by atoms with Gasteiger partial charge in [-0.15, -0.1) is 0 Å². The minimum Gasteiger partial charge on any atom is -0.460 e. The summed E-state index contributed by atoms with van der Waals surface area (Å²) < 4.78 is 7.24. The second-order valence-corrected chi connectivity index (χ2v) is 8.70. The van der Waals surface area contributed by atoms with E-state index in [0.717, 1.165) is 32.9 Å². The number of nitrogens with zero attached hydrogens (tertiary/aromatic N) is 1. The summed E-state index contributed by atoms with van der Waals surface area (Å²) in [7, 11) is 0. The number of carbonyl (C=O) groups excluding carboxylic acids is 2. The van der Waals surface area contributed by atoms with Crippen molar-refractivity contribution < 1.29 is 14.3 Å². The van der Waals surface area contributed by atoms with Gasteiger partial charge in [0, 0.05) is 21.4 Å². The van der Waals surface area contributed by atoms with Crippen molar-refractivity contribution in [1.29, 1.82) is 0 Å². The predicted octanol–water partition coefficient (Wildman–Crippen LogP) is 6.98. The summed E-state index contributed by atoms with van der Waals surface area (Å²) in [5.74, 6) is -0.947. The molecule has 34 heavy (non-hydrogen) atoms. The van der Waals surface area contributed by atoms with Crippen LogP contribution in [0.2, 0.25) is 5.02 Å². The number of esters is 1. The number of rotatable bonds is 5. The highest BCUT2D eigenvalue weighted by Gasteiger charge is 2.22. The van der Waals surface area contributed by atoms with Gasteiger partial charge in [0.2, 0.25) is 0 Å². The van der Waals surface area contributed by atoms with Crippen LogP contribution in [0.25, 0.3) is 21.8 Å². The van der Waals surface area contributed by atoms with Crippen molar-refractivity contribution in [3.8, 4) is 0 Å². The molecule has 1 aromatic heterocycles. The number of halogens is 1. The van der Waals surface area contributed by atoms with Gasteiger partial charge in [0.25, 0.3) is 5.91 Å². The predicted molar refractivity (Wildman–Crippen MR) is 135 cm³/mol. The topological polar surface area (TPSA) is 48.3 Å². The summed E-state index contributed by atoms with van der Waals surface area (Å²) in [4.78, 5) is 26.3. The van der Waals surface area contributed by atoms with Crippen LogP contribution < -0.4 is 0 Å². The van der Waals surface area contributed by atoms with Gasteiger partial charge < -0.3 is 4.74 Å². The number of hydrogen-bond acceptors (Lipinski definition) is 3. The Morgan fingerprint density at radius 3 is 2.26 bits per heavy atom. The van der Waals surface area contributed by atoms with Gasteiger partial charge in [-0.3, -0.25) is 14.2 Å². The van der Waals surface area contributed by atoms with Crippen LogP contribution in [0.1, 0.15) is 34.3 Å². The van der Waals surface area contributed by atoms with Gasteiger partial charge in [-0.1, -0.05) is 72.3 Å². The zero-order valence-corrected chi connectivity index (χ0v) is 19.3. The lowest BCUT2D eigenvalue weighted by atomic mass is 9.99. The number of aromatic nitrogens is 1. The molecule has 1 heterocycles. The van der Waals surface area contributed by atoms with Gasteiger partial charge in [0.15, 0.2) is 0 Å². The molecule has 0 fully saturated rings. The molecule has 0 saturated carbocycles. The van der Waals surface area contributed by atoms with Gasteiger partial charge in [0.1, 0.15) is 6.61 Å². The summed E-state index contributed by atoms with van der Waals surface area (Å²) >= 11 is 6.28. The van der Waals surface area contributed by atoms with E-state index in [1.165, 1.54) is 0 Å². The fourth-order valence-corrected chi connectivity index (χ4v) is 4.37. The fourth-order valence-electron chi connectivity index (χ4n) is 4.20. The van der Waals surface area contributed by atoms with Crippen LogP contribution in [0, 0.1) is 0 Å². The molecular weight excluding hydrogens is 446 g/mol. The van der Waals surface area contributed by atoms with E-state index >= 15 is 0 Å². The van der Waals surface area contributed by atoms with Gasteiger partial charge in [0.05, 0.1) is 17.0 Å². The molecule has 0 aliphatic heterocycles. The molecule has 0 spiro atoms. The Morgan fingerprint density at radius 2 is 1.53 bits per heavy atom. The SMILES string of the molecule is CC(C(=O)OCc1ccccc1)c1ccc2c3cc(Cl)ccc3n(C(=O)c3ccccc3)c2c1. The van der Waals surface area contributed by atoms with E-state index < -0.39 is 5.92 Å². The lowest BCUT2D eigenvalue weighted by molar-refractivity contribution is -0.146. The van der Waals surface area contributed by atoms with Crippen molar-refractivity contribution in [1.82, 2.24) is 4.57 Å². The van der Waals surface area contributed by atoms with Crippen molar-refractivity contribution in [2.24, 2.45) is 0 Å². The molecule has 0 N–H and O–H groups in total. The molecule has 1 unspecified atom stereocenters. The Morgan fingerprint density at radius 1 is 0.824 bits per heavy atom. The molecule has 0 bridgehead atoms. The third-order valence-corrected chi connectivity index (χ3v) is 6.29. The highest BCUT2D eigenvalue weighted by molar-refractivity contribution is 6.32. The lowest BCUT2D eigenvalue weighted by Crippen LogP contribution is -2.14. The monoisotopic (exact) mass is 467 g/mol. The van der Waals surface area contributed by atoms with Crippen LogP contribution in [-0.4, -0.2) is 16.4 Å². The third kappa shape index (κ3) is 4.09. The molecule has 4 aromatic carbocycles. The Balaban J connectivity index is 1.56. The third-order valence-electron chi connectivity index (χ3n) is 6.05. The molecule has 0 aliphatic rings. The summed E-state index contributed by atoms with van der Waals surface area (Å²) in [6.07, 6.45) is 0. The summed E-state index contributed by atoms with van der Waals surface area (Å²) in [6.45, 7) is 2.04. The van der Waals surface area contributed by atoms with Gasteiger partial charge >= 0.3 is 5.97 Å². The normalized spacial score (nSPS) is 12.1. The maximum absolute atomic E-state index is 13.5. The average Bonchev–Trinajstić information content (AvgIpc) is 3.20. The Kier molecular flexibility index (Phi) is 5.91. The molecule has 0 aliphatic carbocycles. The van der Waals surface area contributed by atoms with E-state index in [1.807, 2.05) is 85.8 Å². The molecule has 4 nitrogen and oxygen atoms in total. The minimum atomic E-state index is -0.491. The summed E-state index contributed by atoms with van der Waals surface area (Å²) in [5.41, 5.74) is 3.79. The van der Waals surface area contributed by atoms with Crippen LogP contribution in [0.5, 0.6) is 0 Å². The molecule has 0 radical (unpaired) electrons. The minimum absolute atomic E-state index is 0.139. The van der Waals surface area contributed by atoms with E-state index in [1.54, 1.807) is 22.8 Å². The number of benzene rings is 4. The number of fused-ring (bicyclic) bond motifs is 3. The van der Waals surface area contributed by atoms with Crippen LogP contribution in [0.3, 0.4) is 0 Å². The average molecular weight is 468 g/mol. The van der Waals surface area contributed by atoms with Crippen LogP contribution in [0.4, 0.5) is 0 Å². The Labute approximate surface area is 202 Å². The van der Waals surface area contributed by atoms with Crippen LogP contribution in [0.15, 0.2) is 97.1 Å². The molecule has 0 amide bonds. The molecular formula is C29H22ClNO3. The van der Waals surface area contributed by atoms with E-state index in [0.29, 0.717) is 10.6 Å². The first-order valence-corrected chi connectivity index (χ1v) is 11.4. The number of hydrogen-bond donors (Lipinski definition) is 0. The highest BCUT2D eigenvalue weighted by Crippen LogP contribution is 2.34. The highest BCUT2D eigenvalue weighted by atomic mass is 35.5. The number of carbonyl (C=O) groups is 2. The van der Waals surface area contributed by atoms with E-state index in [2.05, 4.69) is 0 Å². The van der Waals surface area contributed by atoms with Crippen molar-refractivity contribution in [2.45, 2.75) is 19.4 Å². The second-order valence-electron chi connectivity index (χ2n) is 8.26. The van der Waals surface area contributed by atoms with Crippen LogP contribution in [-0.2, 0) is 16.1 Å². The Bertz CT molecular complexity index is 1510. The standard InChI is InChI=1S/C29H22ClNO3/c1-19(29(33)34-18-20-8-4-2-5-9-20)22-12-14-24-25-17-23(30)13-15-26(25)31(27(24)16-22)28(32)21-10-6-3-7-11-21/h2-17,19H,18H2,1H3. The molecule has 168 valence electrons. The van der Waals surface area contributed by atoms with Gasteiger partial charge in [-0.2, -0.15) is 0 Å². The molecule has 5 aromatic rings. The summed E-state index contributed by atoms with van der Waals surface area (Å²) in [5, 5.41) is 2.38. The van der Waals surface area contributed by atoms with E-state index in [4.69, 9.17) is 16.3 Å². The van der Waals surface area contributed by atoms with E-state index in [9.17, 15) is 9.59 Å². The Hall–Kier alpha value is -3.89. The van der Waals surface area contributed by atoms with Crippen molar-refractivity contribution in [3.63, 3.8) is 0 Å². The van der Waals surface area contributed by atoms with Crippen molar-refractivity contribution in [2.75, 3.05) is 0 Å². The van der Waals surface area contributed by atoms with E-state index in [-0.39, 0.29) is 18.5 Å². The summed E-state index contributed by atoms with van der Waals surface area (Å²) in [6, 6.07) is 30.0. The van der Waals surface area contributed by atoms with Crippen molar-refractivity contribution in [3.05, 3.63) is 119 Å². The smallest absolute Gasteiger partial charge is 0.313 e. The molecule has 1 atom stereocenters. The quantitative estimate of drug-likeness (QED) is 0.262.